The van der Waals surface area contributed by atoms with Crippen LogP contribution in [-0.4, -0.2) is 40.4 Å². The maximum absolute atomic E-state index is 13.0. The second-order valence-corrected chi connectivity index (χ2v) is 9.89. The van der Waals surface area contributed by atoms with E-state index in [1.54, 1.807) is 0 Å². The van der Waals surface area contributed by atoms with Crippen LogP contribution in [-0.2, 0) is 11.2 Å². The van der Waals surface area contributed by atoms with Crippen LogP contribution in [0.3, 0.4) is 0 Å². The van der Waals surface area contributed by atoms with Crippen molar-refractivity contribution >= 4 is 34.3 Å². The summed E-state index contributed by atoms with van der Waals surface area (Å²) < 4.78 is 11.9. The fraction of sp³-hybridized carbons (Fsp3) is 0.423. The summed E-state index contributed by atoms with van der Waals surface area (Å²) >= 11 is 6.36. The van der Waals surface area contributed by atoms with Crippen molar-refractivity contribution in [3.63, 3.8) is 0 Å². The van der Waals surface area contributed by atoms with Crippen LogP contribution < -0.4 is 4.74 Å². The quantitative estimate of drug-likeness (QED) is 0.513. The SMILES string of the molecule is Cc1cc2onc(CC(=O)N3CCC4(CC3)CC(=O)c3c(cc(C)c(Cl)c3C)O4)c2cc1C. The Morgan fingerprint density at radius 2 is 1.79 bits per heavy atom. The molecule has 1 spiro atoms. The van der Waals surface area contributed by atoms with Crippen LogP contribution in [0.2, 0.25) is 5.02 Å². The van der Waals surface area contributed by atoms with Crippen molar-refractivity contribution in [3.8, 4) is 5.75 Å². The maximum atomic E-state index is 13.0. The van der Waals surface area contributed by atoms with E-state index in [0.717, 1.165) is 27.6 Å². The number of aryl methyl sites for hydroxylation is 3. The molecular formula is C26H27ClN2O4. The van der Waals surface area contributed by atoms with E-state index in [4.69, 9.17) is 20.9 Å². The first kappa shape index (κ1) is 22.0. The Labute approximate surface area is 197 Å². The lowest BCUT2D eigenvalue weighted by Gasteiger charge is -2.44. The van der Waals surface area contributed by atoms with Gasteiger partial charge < -0.3 is 14.2 Å². The van der Waals surface area contributed by atoms with Crippen LogP contribution in [0.1, 0.15) is 57.6 Å². The number of benzene rings is 2. The number of likely N-dealkylation sites (tertiary alicyclic amines) is 1. The molecule has 3 aromatic rings. The average Bonchev–Trinajstić information content (AvgIpc) is 3.13. The molecule has 0 saturated carbocycles. The molecule has 3 heterocycles. The van der Waals surface area contributed by atoms with Crippen molar-refractivity contribution in [2.45, 2.75) is 59.0 Å². The fourth-order valence-corrected chi connectivity index (χ4v) is 5.22. The standard InChI is InChI=1S/C26H27ClN2O4/c1-14-9-18-19(28-33-21(18)10-15(14)2)12-23(31)29-7-5-26(6-8-29)13-20(30)24-17(4)25(27)16(3)11-22(24)32-26/h9-11H,5-8,12-13H2,1-4H3. The normalized spacial score (nSPS) is 17.4. The van der Waals surface area contributed by atoms with Gasteiger partial charge in [0.25, 0.3) is 0 Å². The van der Waals surface area contributed by atoms with E-state index in [1.807, 2.05) is 50.8 Å². The third-order valence-electron chi connectivity index (χ3n) is 7.24. The lowest BCUT2D eigenvalue weighted by Crippen LogP contribution is -2.52. The first-order chi connectivity index (χ1) is 15.7. The largest absolute Gasteiger partial charge is 0.486 e. The van der Waals surface area contributed by atoms with E-state index in [2.05, 4.69) is 5.16 Å². The average molecular weight is 467 g/mol. The number of carbonyl (C=O) groups is 2. The minimum atomic E-state index is -0.567. The predicted molar refractivity (Wildman–Crippen MR) is 126 cm³/mol. The van der Waals surface area contributed by atoms with Gasteiger partial charge in [-0.3, -0.25) is 9.59 Å². The molecule has 33 heavy (non-hydrogen) atoms. The van der Waals surface area contributed by atoms with Crippen molar-refractivity contribution in [1.29, 1.82) is 0 Å². The molecule has 2 aliphatic heterocycles. The summed E-state index contributed by atoms with van der Waals surface area (Å²) in [5.74, 6) is 0.694. The van der Waals surface area contributed by atoms with Gasteiger partial charge in [-0.1, -0.05) is 16.8 Å². The number of aromatic nitrogens is 1. The monoisotopic (exact) mass is 466 g/mol. The number of rotatable bonds is 2. The van der Waals surface area contributed by atoms with Gasteiger partial charge in [0.05, 0.1) is 18.4 Å². The number of Topliss-reactive ketones (excluding diaryl/α,β-unsaturated/α-hetero) is 1. The van der Waals surface area contributed by atoms with Crippen LogP contribution in [0.4, 0.5) is 0 Å². The van der Waals surface area contributed by atoms with Crippen molar-refractivity contribution in [2.24, 2.45) is 0 Å². The highest BCUT2D eigenvalue weighted by Gasteiger charge is 2.44. The Balaban J connectivity index is 1.30. The van der Waals surface area contributed by atoms with Crippen LogP contribution in [0, 0.1) is 27.7 Å². The van der Waals surface area contributed by atoms with E-state index in [-0.39, 0.29) is 18.1 Å². The van der Waals surface area contributed by atoms with Crippen molar-refractivity contribution < 1.29 is 18.8 Å². The molecule has 0 aliphatic carbocycles. The number of halogens is 1. The molecule has 7 heteroatoms. The molecule has 2 aromatic carbocycles. The first-order valence-electron chi connectivity index (χ1n) is 11.3. The van der Waals surface area contributed by atoms with Gasteiger partial charge in [-0.15, -0.1) is 0 Å². The second kappa shape index (κ2) is 7.87. The summed E-state index contributed by atoms with van der Waals surface area (Å²) in [5, 5.41) is 5.66. The molecule has 0 N–H and O–H groups in total. The first-order valence-corrected chi connectivity index (χ1v) is 11.7. The summed E-state index contributed by atoms with van der Waals surface area (Å²) in [6.45, 7) is 8.94. The highest BCUT2D eigenvalue weighted by molar-refractivity contribution is 6.32. The molecule has 1 aromatic heterocycles. The molecule has 1 saturated heterocycles. The number of ketones is 1. The third kappa shape index (κ3) is 3.70. The molecule has 172 valence electrons. The van der Waals surface area contributed by atoms with Gasteiger partial charge in [-0.25, -0.2) is 0 Å². The van der Waals surface area contributed by atoms with Crippen LogP contribution in [0.25, 0.3) is 11.0 Å². The molecule has 5 rings (SSSR count). The summed E-state index contributed by atoms with van der Waals surface area (Å²) in [5.41, 5.74) is 5.36. The summed E-state index contributed by atoms with van der Waals surface area (Å²) in [4.78, 5) is 27.9. The summed E-state index contributed by atoms with van der Waals surface area (Å²) in [7, 11) is 0. The van der Waals surface area contributed by atoms with E-state index < -0.39 is 5.60 Å². The van der Waals surface area contributed by atoms with Gasteiger partial charge in [0, 0.05) is 36.3 Å². The van der Waals surface area contributed by atoms with Gasteiger partial charge >= 0.3 is 0 Å². The Kier molecular flexibility index (Phi) is 5.24. The molecule has 0 unspecified atom stereocenters. The Morgan fingerprint density at radius 1 is 1.09 bits per heavy atom. The molecule has 1 fully saturated rings. The molecular weight excluding hydrogens is 440 g/mol. The zero-order chi connectivity index (χ0) is 23.5. The number of nitrogens with zero attached hydrogens (tertiary/aromatic N) is 2. The van der Waals surface area contributed by atoms with Gasteiger partial charge in [-0.2, -0.15) is 0 Å². The van der Waals surface area contributed by atoms with Crippen LogP contribution >= 0.6 is 11.6 Å². The molecule has 1 amide bonds. The summed E-state index contributed by atoms with van der Waals surface area (Å²) in [6.07, 6.45) is 1.74. The smallest absolute Gasteiger partial charge is 0.228 e. The van der Waals surface area contributed by atoms with E-state index in [0.29, 0.717) is 60.0 Å². The minimum Gasteiger partial charge on any atom is -0.486 e. The van der Waals surface area contributed by atoms with Crippen LogP contribution in [0.5, 0.6) is 5.75 Å². The number of fused-ring (bicyclic) bond motifs is 2. The summed E-state index contributed by atoms with van der Waals surface area (Å²) in [6, 6.07) is 5.85. The Hall–Kier alpha value is -2.86. The number of carbonyl (C=O) groups excluding carboxylic acids is 2. The Bertz CT molecular complexity index is 1300. The van der Waals surface area contributed by atoms with Gasteiger partial charge in [0.2, 0.25) is 5.91 Å². The highest BCUT2D eigenvalue weighted by atomic mass is 35.5. The molecule has 2 aliphatic rings. The van der Waals surface area contributed by atoms with E-state index in [9.17, 15) is 9.59 Å². The predicted octanol–water partition coefficient (Wildman–Crippen LogP) is 5.28. The van der Waals surface area contributed by atoms with Gasteiger partial charge in [-0.05, 0) is 68.1 Å². The van der Waals surface area contributed by atoms with Gasteiger partial charge in [0.1, 0.15) is 17.0 Å². The molecule has 0 atom stereocenters. The fourth-order valence-electron chi connectivity index (χ4n) is 5.07. The van der Waals surface area contributed by atoms with Crippen molar-refractivity contribution in [1.82, 2.24) is 10.1 Å². The number of piperidine rings is 1. The molecule has 0 bridgehead atoms. The third-order valence-corrected chi connectivity index (χ3v) is 7.82. The minimum absolute atomic E-state index is 0.0132. The molecule has 6 nitrogen and oxygen atoms in total. The number of ether oxygens (including phenoxy) is 1. The number of hydrogen-bond donors (Lipinski definition) is 0. The topological polar surface area (TPSA) is 72.6 Å². The highest BCUT2D eigenvalue weighted by Crippen LogP contribution is 2.43. The van der Waals surface area contributed by atoms with Gasteiger partial charge in [0.15, 0.2) is 11.4 Å². The number of amides is 1. The zero-order valence-corrected chi connectivity index (χ0v) is 20.1. The second-order valence-electron chi connectivity index (χ2n) is 9.51. The van der Waals surface area contributed by atoms with E-state index in [1.165, 1.54) is 0 Å². The zero-order valence-electron chi connectivity index (χ0n) is 19.4. The van der Waals surface area contributed by atoms with Crippen LogP contribution in [0.15, 0.2) is 22.7 Å². The lowest BCUT2D eigenvalue weighted by molar-refractivity contribution is -0.134. The molecule has 0 radical (unpaired) electrons. The van der Waals surface area contributed by atoms with E-state index >= 15 is 0 Å². The van der Waals surface area contributed by atoms with Crippen molar-refractivity contribution in [2.75, 3.05) is 13.1 Å². The lowest BCUT2D eigenvalue weighted by atomic mass is 9.81. The Morgan fingerprint density at radius 3 is 2.52 bits per heavy atom. The number of hydrogen-bond acceptors (Lipinski definition) is 5. The maximum Gasteiger partial charge on any atom is 0.228 e. The van der Waals surface area contributed by atoms with Crippen molar-refractivity contribution in [3.05, 3.63) is 56.7 Å².